The lowest BCUT2D eigenvalue weighted by Gasteiger charge is -2.04. The number of nitrogens with zero attached hydrogens (tertiary/aromatic N) is 2. The maximum atomic E-state index is 11.9. The zero-order valence-corrected chi connectivity index (χ0v) is 11.2. The third-order valence-corrected chi connectivity index (χ3v) is 3.25. The monoisotopic (exact) mass is 277 g/mol. The van der Waals surface area contributed by atoms with Crippen LogP contribution in [0, 0.1) is 6.92 Å². The van der Waals surface area contributed by atoms with Crippen LogP contribution in [-0.4, -0.2) is 29.0 Å². The molecule has 7 heteroatoms. The van der Waals surface area contributed by atoms with E-state index in [4.69, 9.17) is 0 Å². The van der Waals surface area contributed by atoms with Gasteiger partial charge in [-0.2, -0.15) is 0 Å². The van der Waals surface area contributed by atoms with E-state index in [1.807, 2.05) is 6.92 Å². The van der Waals surface area contributed by atoms with E-state index < -0.39 is 11.9 Å². The molecule has 0 spiro atoms. The number of carbonyl (C=O) groups excluding carboxylic acids is 2. The maximum Gasteiger partial charge on any atom is 0.340 e. The van der Waals surface area contributed by atoms with Crippen LogP contribution in [0.4, 0.5) is 5.00 Å². The Morgan fingerprint density at radius 1 is 1.37 bits per heavy atom. The van der Waals surface area contributed by atoms with Crippen LogP contribution in [0.1, 0.15) is 25.7 Å². The molecule has 0 aliphatic carbocycles. The van der Waals surface area contributed by atoms with Crippen LogP contribution in [0.15, 0.2) is 24.7 Å². The summed E-state index contributed by atoms with van der Waals surface area (Å²) in [6, 6.07) is 1.67. The molecular weight excluding hydrogens is 266 g/mol. The summed E-state index contributed by atoms with van der Waals surface area (Å²) in [5, 5.41) is 3.08. The summed E-state index contributed by atoms with van der Waals surface area (Å²) in [6.07, 6.45) is 4.26. The molecule has 2 rings (SSSR count). The number of esters is 1. The van der Waals surface area contributed by atoms with Crippen LogP contribution in [0.5, 0.6) is 0 Å². The van der Waals surface area contributed by atoms with Gasteiger partial charge in [-0.3, -0.25) is 9.78 Å². The topological polar surface area (TPSA) is 81.2 Å². The number of carbonyl (C=O) groups is 2. The minimum absolute atomic E-state index is 0.185. The molecule has 0 saturated carbocycles. The lowest BCUT2D eigenvalue weighted by atomic mass is 10.3. The quantitative estimate of drug-likeness (QED) is 0.866. The summed E-state index contributed by atoms with van der Waals surface area (Å²) in [5.74, 6) is -0.904. The molecule has 19 heavy (non-hydrogen) atoms. The fraction of sp³-hybridized carbons (Fsp3) is 0.167. The Morgan fingerprint density at radius 3 is 2.79 bits per heavy atom. The van der Waals surface area contributed by atoms with Gasteiger partial charge in [0.2, 0.25) is 0 Å². The SMILES string of the molecule is COC(=O)c1cc(C)sc1NC(=O)c1cnccn1. The highest BCUT2D eigenvalue weighted by Crippen LogP contribution is 2.28. The van der Waals surface area contributed by atoms with E-state index in [1.165, 1.54) is 37.0 Å². The lowest BCUT2D eigenvalue weighted by molar-refractivity contribution is 0.0602. The minimum atomic E-state index is -0.487. The van der Waals surface area contributed by atoms with Crippen molar-refractivity contribution in [2.45, 2.75) is 6.92 Å². The van der Waals surface area contributed by atoms with Gasteiger partial charge >= 0.3 is 5.97 Å². The van der Waals surface area contributed by atoms with Gasteiger partial charge in [-0.05, 0) is 13.0 Å². The summed E-state index contributed by atoms with van der Waals surface area (Å²) in [6.45, 7) is 1.84. The molecule has 0 aliphatic heterocycles. The Labute approximate surface area is 113 Å². The molecule has 0 atom stereocenters. The van der Waals surface area contributed by atoms with Crippen LogP contribution >= 0.6 is 11.3 Å². The van der Waals surface area contributed by atoms with E-state index in [0.29, 0.717) is 10.6 Å². The van der Waals surface area contributed by atoms with Crippen molar-refractivity contribution in [3.63, 3.8) is 0 Å². The van der Waals surface area contributed by atoms with Gasteiger partial charge < -0.3 is 10.1 Å². The number of rotatable bonds is 3. The summed E-state index contributed by atoms with van der Waals surface area (Å²) in [4.78, 5) is 32.1. The van der Waals surface area contributed by atoms with Gasteiger partial charge in [-0.15, -0.1) is 11.3 Å². The first-order valence-corrected chi connectivity index (χ1v) is 6.19. The van der Waals surface area contributed by atoms with Crippen LogP contribution < -0.4 is 5.32 Å². The third-order valence-electron chi connectivity index (χ3n) is 2.28. The summed E-state index contributed by atoms with van der Waals surface area (Å²) >= 11 is 1.30. The van der Waals surface area contributed by atoms with Gasteiger partial charge in [0.1, 0.15) is 10.7 Å². The largest absolute Gasteiger partial charge is 0.465 e. The number of thiophene rings is 1. The highest BCUT2D eigenvalue weighted by atomic mass is 32.1. The fourth-order valence-electron chi connectivity index (χ4n) is 1.45. The molecule has 0 fully saturated rings. The van der Waals surface area contributed by atoms with E-state index in [2.05, 4.69) is 20.0 Å². The number of amides is 1. The van der Waals surface area contributed by atoms with Gasteiger partial charge in [-0.1, -0.05) is 0 Å². The van der Waals surface area contributed by atoms with Crippen LogP contribution in [0.3, 0.4) is 0 Å². The predicted octanol–water partition coefficient (Wildman–Crippen LogP) is 1.89. The number of hydrogen-bond donors (Lipinski definition) is 1. The molecule has 98 valence electrons. The fourth-order valence-corrected chi connectivity index (χ4v) is 2.35. The molecule has 0 unspecified atom stereocenters. The Morgan fingerprint density at radius 2 is 2.16 bits per heavy atom. The molecule has 0 aromatic carbocycles. The molecule has 1 N–H and O–H groups in total. The van der Waals surface area contributed by atoms with E-state index >= 15 is 0 Å². The van der Waals surface area contributed by atoms with Crippen molar-refractivity contribution in [3.05, 3.63) is 40.8 Å². The molecule has 0 radical (unpaired) electrons. The van der Waals surface area contributed by atoms with Crippen LogP contribution in [-0.2, 0) is 4.74 Å². The second-order valence-corrected chi connectivity index (χ2v) is 4.89. The summed E-state index contributed by atoms with van der Waals surface area (Å²) in [5.41, 5.74) is 0.520. The molecule has 0 saturated heterocycles. The maximum absolute atomic E-state index is 11.9. The van der Waals surface area contributed by atoms with Gasteiger partial charge in [0.15, 0.2) is 0 Å². The van der Waals surface area contributed by atoms with Crippen molar-refractivity contribution in [1.29, 1.82) is 0 Å². The van der Waals surface area contributed by atoms with Crippen molar-refractivity contribution in [2.24, 2.45) is 0 Å². The van der Waals surface area contributed by atoms with Gasteiger partial charge in [-0.25, -0.2) is 9.78 Å². The van der Waals surface area contributed by atoms with Gasteiger partial charge in [0.05, 0.1) is 18.9 Å². The number of nitrogens with one attached hydrogen (secondary N) is 1. The molecular formula is C12H11N3O3S. The van der Waals surface area contributed by atoms with Crippen LogP contribution in [0.25, 0.3) is 0 Å². The van der Waals surface area contributed by atoms with Crippen molar-refractivity contribution < 1.29 is 14.3 Å². The van der Waals surface area contributed by atoms with Crippen LogP contribution in [0.2, 0.25) is 0 Å². The molecule has 1 amide bonds. The number of aromatic nitrogens is 2. The minimum Gasteiger partial charge on any atom is -0.465 e. The number of aryl methyl sites for hydroxylation is 1. The highest BCUT2D eigenvalue weighted by molar-refractivity contribution is 7.16. The number of methoxy groups -OCH3 is 1. The van der Waals surface area contributed by atoms with Crippen molar-refractivity contribution in [3.8, 4) is 0 Å². The first-order chi connectivity index (χ1) is 9.11. The van der Waals surface area contributed by atoms with E-state index in [1.54, 1.807) is 6.07 Å². The first kappa shape index (κ1) is 13.2. The zero-order valence-electron chi connectivity index (χ0n) is 10.3. The number of anilines is 1. The predicted molar refractivity (Wildman–Crippen MR) is 70.4 cm³/mol. The number of ether oxygens (including phenoxy) is 1. The normalized spacial score (nSPS) is 10.0. The average Bonchev–Trinajstić information content (AvgIpc) is 2.79. The van der Waals surface area contributed by atoms with E-state index in [0.717, 1.165) is 4.88 Å². The second kappa shape index (κ2) is 5.57. The Balaban J connectivity index is 2.24. The second-order valence-electron chi connectivity index (χ2n) is 3.64. The standard InChI is InChI=1S/C12H11N3O3S/c1-7-5-8(12(17)18-2)11(19-7)15-10(16)9-6-13-3-4-14-9/h3-6H,1-2H3,(H,15,16). The summed E-state index contributed by atoms with van der Waals surface area (Å²) in [7, 11) is 1.30. The zero-order chi connectivity index (χ0) is 13.8. The smallest absolute Gasteiger partial charge is 0.340 e. The van der Waals surface area contributed by atoms with Gasteiger partial charge in [0, 0.05) is 17.3 Å². The van der Waals surface area contributed by atoms with Crippen molar-refractivity contribution in [2.75, 3.05) is 12.4 Å². The molecule has 2 aromatic rings. The van der Waals surface area contributed by atoms with Gasteiger partial charge in [0.25, 0.3) is 5.91 Å². The molecule has 6 nitrogen and oxygen atoms in total. The highest BCUT2D eigenvalue weighted by Gasteiger charge is 2.18. The average molecular weight is 277 g/mol. The van der Waals surface area contributed by atoms with E-state index in [-0.39, 0.29) is 5.69 Å². The summed E-state index contributed by atoms with van der Waals surface area (Å²) < 4.78 is 4.67. The Kier molecular flexibility index (Phi) is 3.86. The Bertz CT molecular complexity index is 610. The molecule has 2 heterocycles. The van der Waals surface area contributed by atoms with Crippen molar-refractivity contribution in [1.82, 2.24) is 9.97 Å². The van der Waals surface area contributed by atoms with E-state index in [9.17, 15) is 9.59 Å². The van der Waals surface area contributed by atoms with Crippen molar-refractivity contribution >= 4 is 28.2 Å². The number of hydrogen-bond acceptors (Lipinski definition) is 6. The molecule has 0 bridgehead atoms. The lowest BCUT2D eigenvalue weighted by Crippen LogP contribution is -2.15. The molecule has 0 aliphatic rings. The third kappa shape index (κ3) is 2.94. The Hall–Kier alpha value is -2.28. The molecule has 2 aromatic heterocycles. The first-order valence-electron chi connectivity index (χ1n) is 5.38.